The largest absolute Gasteiger partial charge is 0.384 e. The monoisotopic (exact) mass is 428 g/mol. The topological polar surface area (TPSA) is 64.2 Å². The summed E-state index contributed by atoms with van der Waals surface area (Å²) in [6, 6.07) is 5.89. The zero-order valence-electron chi connectivity index (χ0n) is 16.1. The molecule has 1 aliphatic heterocycles. The van der Waals surface area contributed by atoms with Gasteiger partial charge in [0.05, 0.1) is 21.1 Å². The lowest BCUT2D eigenvalue weighted by atomic mass is 10.0. The number of hydrogen-bond acceptors (Lipinski definition) is 4. The van der Waals surface area contributed by atoms with Gasteiger partial charge in [0.2, 0.25) is 0 Å². The van der Waals surface area contributed by atoms with Crippen LogP contribution in [0.1, 0.15) is 16.8 Å². The minimum Gasteiger partial charge on any atom is -0.384 e. The van der Waals surface area contributed by atoms with E-state index in [0.717, 1.165) is 60.6 Å². The summed E-state index contributed by atoms with van der Waals surface area (Å²) in [7, 11) is 0. The van der Waals surface area contributed by atoms with Crippen LogP contribution in [-0.2, 0) is 6.54 Å². The second-order valence-electron chi connectivity index (χ2n) is 7.11. The van der Waals surface area contributed by atoms with Crippen LogP contribution in [0, 0.1) is 18.8 Å². The van der Waals surface area contributed by atoms with Gasteiger partial charge < -0.3 is 15.4 Å². The number of nitrogens with zero attached hydrogens (tertiary/aromatic N) is 2. The highest BCUT2D eigenvalue weighted by Crippen LogP contribution is 2.38. The van der Waals surface area contributed by atoms with Crippen molar-refractivity contribution in [2.24, 2.45) is 0 Å². The number of aliphatic hydroxyl groups is 1. The number of pyridine rings is 1. The summed E-state index contributed by atoms with van der Waals surface area (Å²) in [5.41, 5.74) is 6.41. The minimum atomic E-state index is -0.225. The van der Waals surface area contributed by atoms with Crippen molar-refractivity contribution in [3.8, 4) is 23.0 Å². The fourth-order valence-electron chi connectivity index (χ4n) is 3.64. The number of benzene rings is 1. The first-order valence-electron chi connectivity index (χ1n) is 9.57. The van der Waals surface area contributed by atoms with Crippen molar-refractivity contribution in [2.45, 2.75) is 13.5 Å². The molecule has 150 valence electrons. The van der Waals surface area contributed by atoms with Gasteiger partial charge in [-0.2, -0.15) is 0 Å². The van der Waals surface area contributed by atoms with Crippen molar-refractivity contribution in [1.29, 1.82) is 0 Å². The van der Waals surface area contributed by atoms with Gasteiger partial charge in [0.15, 0.2) is 0 Å². The normalized spacial score (nSPS) is 14.8. The van der Waals surface area contributed by atoms with Gasteiger partial charge in [-0.25, -0.2) is 0 Å². The number of hydrogen-bond donors (Lipinski definition) is 3. The second-order valence-corrected chi connectivity index (χ2v) is 7.86. The zero-order valence-corrected chi connectivity index (χ0v) is 17.7. The SMILES string of the molecule is Cc1nc2c(-c3ccc(C#CCO)c(Cl)c3Cl)c[nH]c2cc1CN1CCNCC1. The molecule has 29 heavy (non-hydrogen) atoms. The molecule has 0 aliphatic carbocycles. The molecule has 3 aromatic rings. The number of aromatic amines is 1. The van der Waals surface area contributed by atoms with Gasteiger partial charge in [-0.3, -0.25) is 9.88 Å². The number of nitrogens with one attached hydrogen (secondary N) is 2. The molecule has 0 amide bonds. The quantitative estimate of drug-likeness (QED) is 0.557. The molecule has 0 radical (unpaired) electrons. The van der Waals surface area contributed by atoms with Crippen molar-refractivity contribution in [3.63, 3.8) is 0 Å². The number of aryl methyl sites for hydroxylation is 1. The van der Waals surface area contributed by atoms with E-state index in [9.17, 15) is 0 Å². The van der Waals surface area contributed by atoms with Crippen LogP contribution in [0.2, 0.25) is 10.0 Å². The van der Waals surface area contributed by atoms with E-state index in [-0.39, 0.29) is 6.61 Å². The van der Waals surface area contributed by atoms with E-state index in [4.69, 9.17) is 33.3 Å². The average molecular weight is 429 g/mol. The molecule has 0 atom stereocenters. The average Bonchev–Trinajstić information content (AvgIpc) is 3.12. The fourth-order valence-corrected chi connectivity index (χ4v) is 4.12. The Kier molecular flexibility index (Phi) is 6.09. The molecule has 0 saturated carbocycles. The molecule has 5 nitrogen and oxygen atoms in total. The van der Waals surface area contributed by atoms with Gasteiger partial charge in [-0.1, -0.05) is 41.1 Å². The zero-order chi connectivity index (χ0) is 20.4. The Morgan fingerprint density at radius 3 is 2.72 bits per heavy atom. The summed E-state index contributed by atoms with van der Waals surface area (Å²) in [4.78, 5) is 10.7. The molecule has 0 bridgehead atoms. The predicted octanol–water partition coefficient (Wildman–Crippen LogP) is 3.59. The Labute approximate surface area is 180 Å². The van der Waals surface area contributed by atoms with Gasteiger partial charge in [0.25, 0.3) is 0 Å². The third kappa shape index (κ3) is 4.13. The number of fused-ring (bicyclic) bond motifs is 1. The Bertz CT molecular complexity index is 1110. The first-order valence-corrected chi connectivity index (χ1v) is 10.3. The standard InChI is InChI=1S/C22H22Cl2N4O/c1-14-16(13-28-8-6-25-7-9-28)11-19-22(27-14)18(12-26-19)17-5-4-15(3-2-10-29)20(23)21(17)24/h4-5,11-12,25-26,29H,6-10,13H2,1H3. The summed E-state index contributed by atoms with van der Waals surface area (Å²) < 4.78 is 0. The number of H-pyrrole nitrogens is 1. The third-order valence-electron chi connectivity index (χ3n) is 5.22. The molecule has 1 fully saturated rings. The van der Waals surface area contributed by atoms with E-state index < -0.39 is 0 Å². The van der Waals surface area contributed by atoms with Crippen LogP contribution in [-0.4, -0.2) is 52.8 Å². The predicted molar refractivity (Wildman–Crippen MR) is 118 cm³/mol. The summed E-state index contributed by atoms with van der Waals surface area (Å²) in [6.45, 7) is 6.88. The van der Waals surface area contributed by atoms with Crippen LogP contribution >= 0.6 is 23.2 Å². The Morgan fingerprint density at radius 2 is 1.97 bits per heavy atom. The smallest absolute Gasteiger partial charge is 0.104 e. The van der Waals surface area contributed by atoms with Crippen LogP contribution in [0.3, 0.4) is 0 Å². The number of aromatic nitrogens is 2. The third-order valence-corrected chi connectivity index (χ3v) is 6.11. The van der Waals surface area contributed by atoms with Crippen LogP contribution in [0.4, 0.5) is 0 Å². The molecule has 3 N–H and O–H groups in total. The summed E-state index contributed by atoms with van der Waals surface area (Å²) in [5.74, 6) is 5.42. The van der Waals surface area contributed by atoms with E-state index in [1.54, 1.807) is 0 Å². The molecule has 3 heterocycles. The lowest BCUT2D eigenvalue weighted by Gasteiger charge is -2.27. The first kappa shape index (κ1) is 20.2. The fraction of sp³-hybridized carbons (Fsp3) is 0.318. The maximum Gasteiger partial charge on any atom is 0.104 e. The molecule has 7 heteroatoms. The van der Waals surface area contributed by atoms with Crippen molar-refractivity contribution >= 4 is 34.2 Å². The summed E-state index contributed by atoms with van der Waals surface area (Å²) in [5, 5.41) is 13.1. The maximum absolute atomic E-state index is 8.89. The maximum atomic E-state index is 8.89. The highest BCUT2D eigenvalue weighted by atomic mass is 35.5. The molecular weight excluding hydrogens is 407 g/mol. The first-order chi connectivity index (χ1) is 14.1. The van der Waals surface area contributed by atoms with Crippen molar-refractivity contribution in [1.82, 2.24) is 20.2 Å². The molecule has 1 saturated heterocycles. The van der Waals surface area contributed by atoms with E-state index in [2.05, 4.69) is 40.0 Å². The van der Waals surface area contributed by atoms with E-state index in [1.165, 1.54) is 5.56 Å². The second kappa shape index (κ2) is 8.74. The van der Waals surface area contributed by atoms with Crippen molar-refractivity contribution < 1.29 is 5.11 Å². The number of piperazine rings is 1. The van der Waals surface area contributed by atoms with E-state index in [1.807, 2.05) is 18.3 Å². The van der Waals surface area contributed by atoms with E-state index in [0.29, 0.717) is 15.6 Å². The van der Waals surface area contributed by atoms with Crippen LogP contribution in [0.25, 0.3) is 22.2 Å². The summed E-state index contributed by atoms with van der Waals surface area (Å²) >= 11 is 13.0. The molecule has 4 rings (SSSR count). The van der Waals surface area contributed by atoms with Gasteiger partial charge in [0.1, 0.15) is 6.61 Å². The highest BCUT2D eigenvalue weighted by Gasteiger charge is 2.17. The van der Waals surface area contributed by atoms with E-state index >= 15 is 0 Å². The minimum absolute atomic E-state index is 0.225. The number of halogens is 2. The molecule has 0 spiro atoms. The molecule has 1 aromatic carbocycles. The van der Waals surface area contributed by atoms with Crippen LogP contribution < -0.4 is 5.32 Å². The van der Waals surface area contributed by atoms with Gasteiger partial charge in [0, 0.05) is 61.3 Å². The molecular formula is C22H22Cl2N4O. The van der Waals surface area contributed by atoms with Gasteiger partial charge in [-0.15, -0.1) is 0 Å². The van der Waals surface area contributed by atoms with Gasteiger partial charge >= 0.3 is 0 Å². The molecule has 1 aliphatic rings. The van der Waals surface area contributed by atoms with Crippen LogP contribution in [0.5, 0.6) is 0 Å². The Balaban J connectivity index is 1.70. The van der Waals surface area contributed by atoms with Crippen molar-refractivity contribution in [3.05, 3.63) is 51.3 Å². The Hall–Kier alpha value is -2.07. The Morgan fingerprint density at radius 1 is 1.17 bits per heavy atom. The molecule has 0 unspecified atom stereocenters. The number of aliphatic hydroxyl groups excluding tert-OH is 1. The van der Waals surface area contributed by atoms with Gasteiger partial charge in [-0.05, 0) is 24.6 Å². The van der Waals surface area contributed by atoms with Crippen molar-refractivity contribution in [2.75, 3.05) is 32.8 Å². The summed E-state index contributed by atoms with van der Waals surface area (Å²) in [6.07, 6.45) is 1.92. The van der Waals surface area contributed by atoms with Crippen LogP contribution in [0.15, 0.2) is 24.4 Å². The lowest BCUT2D eigenvalue weighted by Crippen LogP contribution is -2.43. The highest BCUT2D eigenvalue weighted by molar-refractivity contribution is 6.44. The molecule has 2 aromatic heterocycles. The number of rotatable bonds is 3. The lowest BCUT2D eigenvalue weighted by molar-refractivity contribution is 0.232.